The molecule has 4 aliphatic rings. The molecule has 3 unspecified atom stereocenters. The van der Waals surface area contributed by atoms with E-state index in [-0.39, 0.29) is 18.0 Å². The van der Waals surface area contributed by atoms with Gasteiger partial charge in [-0.15, -0.1) is 0 Å². The minimum atomic E-state index is -0.151. The number of hydrogen-bond acceptors (Lipinski definition) is 5. The van der Waals surface area contributed by atoms with Crippen molar-refractivity contribution in [3.05, 3.63) is 59.4 Å². The fourth-order valence-corrected chi connectivity index (χ4v) is 5.42. The van der Waals surface area contributed by atoms with Crippen molar-refractivity contribution < 1.29 is 13.9 Å². The molecule has 5 nitrogen and oxygen atoms in total. The predicted octanol–water partition coefficient (Wildman–Crippen LogP) is 5.28. The van der Waals surface area contributed by atoms with Gasteiger partial charge in [-0.3, -0.25) is 0 Å². The molecule has 0 amide bonds. The molecule has 0 spiro atoms. The maximum absolute atomic E-state index is 15.1. The van der Waals surface area contributed by atoms with Gasteiger partial charge in [-0.25, -0.2) is 4.39 Å². The van der Waals surface area contributed by atoms with Crippen molar-refractivity contribution >= 4 is 17.5 Å². The van der Waals surface area contributed by atoms with E-state index >= 15 is 4.39 Å². The van der Waals surface area contributed by atoms with Crippen molar-refractivity contribution in [2.75, 3.05) is 36.5 Å². The summed E-state index contributed by atoms with van der Waals surface area (Å²) in [5.74, 6) is 0.719. The number of ether oxygens (including phenoxy) is 2. The number of nitrogens with zero attached hydrogens (tertiary/aromatic N) is 1. The Bertz CT molecular complexity index is 1050. The lowest BCUT2D eigenvalue weighted by Crippen LogP contribution is -2.34. The van der Waals surface area contributed by atoms with E-state index in [1.54, 1.807) is 6.07 Å². The van der Waals surface area contributed by atoms with Crippen LogP contribution >= 0.6 is 0 Å². The van der Waals surface area contributed by atoms with E-state index in [0.29, 0.717) is 24.4 Å². The number of nitrogens with one attached hydrogen (secondary N) is 2. The van der Waals surface area contributed by atoms with E-state index in [0.717, 1.165) is 62.4 Å². The van der Waals surface area contributed by atoms with Gasteiger partial charge in [0.05, 0.1) is 17.8 Å². The number of benzene rings is 2. The maximum atomic E-state index is 15.1. The van der Waals surface area contributed by atoms with E-state index < -0.39 is 0 Å². The van der Waals surface area contributed by atoms with Crippen LogP contribution in [0.2, 0.25) is 0 Å². The summed E-state index contributed by atoms with van der Waals surface area (Å²) in [5, 5.41) is 7.23. The molecule has 34 heavy (non-hydrogen) atoms. The molecule has 0 aromatic heterocycles. The highest BCUT2D eigenvalue weighted by atomic mass is 19.1. The van der Waals surface area contributed by atoms with E-state index in [1.807, 2.05) is 18.2 Å². The van der Waals surface area contributed by atoms with Crippen molar-refractivity contribution in [2.24, 2.45) is 0 Å². The van der Waals surface area contributed by atoms with E-state index in [1.165, 1.54) is 18.4 Å². The first-order valence-corrected chi connectivity index (χ1v) is 12.8. The van der Waals surface area contributed by atoms with E-state index in [9.17, 15) is 0 Å². The Labute approximate surface area is 201 Å². The van der Waals surface area contributed by atoms with Gasteiger partial charge in [-0.2, -0.15) is 0 Å². The van der Waals surface area contributed by atoms with Gasteiger partial charge >= 0.3 is 0 Å². The van der Waals surface area contributed by atoms with Gasteiger partial charge in [-0.1, -0.05) is 18.2 Å². The normalized spacial score (nSPS) is 26.0. The Morgan fingerprint density at radius 3 is 2.82 bits per heavy atom. The first kappa shape index (κ1) is 21.9. The fourth-order valence-electron chi connectivity index (χ4n) is 5.42. The van der Waals surface area contributed by atoms with Gasteiger partial charge in [0.15, 0.2) is 0 Å². The van der Waals surface area contributed by atoms with Crippen molar-refractivity contribution in [1.82, 2.24) is 5.32 Å². The van der Waals surface area contributed by atoms with Crippen LogP contribution in [0.15, 0.2) is 42.5 Å². The summed E-state index contributed by atoms with van der Waals surface area (Å²) >= 11 is 0. The minimum absolute atomic E-state index is 0.108. The Morgan fingerprint density at radius 1 is 1.06 bits per heavy atom. The minimum Gasteiger partial charge on any atom is -0.491 e. The molecule has 2 aromatic rings. The molecule has 0 bridgehead atoms. The highest BCUT2D eigenvalue weighted by molar-refractivity contribution is 5.63. The summed E-state index contributed by atoms with van der Waals surface area (Å²) in [7, 11) is 0. The lowest BCUT2D eigenvalue weighted by molar-refractivity contribution is 0.0679. The molecular weight excluding hydrogens is 429 g/mol. The number of hydrogen-bond donors (Lipinski definition) is 2. The van der Waals surface area contributed by atoms with Crippen LogP contribution in [0.3, 0.4) is 0 Å². The van der Waals surface area contributed by atoms with Crippen molar-refractivity contribution in [3.8, 4) is 5.75 Å². The average molecular weight is 464 g/mol. The molecule has 2 aliphatic heterocycles. The first-order valence-electron chi connectivity index (χ1n) is 12.8. The number of anilines is 2. The maximum Gasteiger partial charge on any atom is 0.148 e. The molecule has 2 N–H and O–H groups in total. The highest BCUT2D eigenvalue weighted by Crippen LogP contribution is 2.35. The summed E-state index contributed by atoms with van der Waals surface area (Å²) in [6.07, 6.45) is 11.2. The largest absolute Gasteiger partial charge is 0.491 e. The van der Waals surface area contributed by atoms with Crippen molar-refractivity contribution in [2.45, 2.75) is 62.8 Å². The van der Waals surface area contributed by atoms with Crippen molar-refractivity contribution in [3.63, 3.8) is 0 Å². The van der Waals surface area contributed by atoms with E-state index in [2.05, 4.69) is 39.8 Å². The second-order valence-corrected chi connectivity index (χ2v) is 10.1. The van der Waals surface area contributed by atoms with Gasteiger partial charge in [0.2, 0.25) is 0 Å². The van der Waals surface area contributed by atoms with Crippen LogP contribution in [-0.4, -0.2) is 44.5 Å². The zero-order chi connectivity index (χ0) is 22.9. The zero-order valence-electron chi connectivity index (χ0n) is 19.6. The molecule has 2 aliphatic carbocycles. The summed E-state index contributed by atoms with van der Waals surface area (Å²) in [6, 6.07) is 13.1. The van der Waals surface area contributed by atoms with Crippen LogP contribution in [0.4, 0.5) is 15.8 Å². The Hall–Kier alpha value is -2.57. The summed E-state index contributed by atoms with van der Waals surface area (Å²) in [4.78, 5) is 2.18. The fraction of sp³-hybridized carbons (Fsp3) is 0.500. The summed E-state index contributed by atoms with van der Waals surface area (Å²) in [6.45, 7) is 3.24. The topological polar surface area (TPSA) is 45.8 Å². The van der Waals surface area contributed by atoms with Crippen LogP contribution in [0, 0.1) is 5.82 Å². The lowest BCUT2D eigenvalue weighted by atomic mass is 9.92. The second kappa shape index (κ2) is 9.59. The molecule has 2 heterocycles. The molecule has 2 aromatic carbocycles. The van der Waals surface area contributed by atoms with Crippen LogP contribution in [0.5, 0.6) is 5.75 Å². The highest BCUT2D eigenvalue weighted by Gasteiger charge is 2.30. The lowest BCUT2D eigenvalue weighted by Gasteiger charge is -2.25. The monoisotopic (exact) mass is 463 g/mol. The average Bonchev–Trinajstić information content (AvgIpc) is 3.29. The van der Waals surface area contributed by atoms with Crippen LogP contribution < -0.4 is 20.3 Å². The third-order valence-corrected chi connectivity index (χ3v) is 7.43. The Morgan fingerprint density at radius 2 is 2.00 bits per heavy atom. The molecule has 2 saturated heterocycles. The first-order chi connectivity index (χ1) is 16.7. The number of fused-ring (bicyclic) bond motifs is 1. The van der Waals surface area contributed by atoms with Crippen LogP contribution in [0.25, 0.3) is 6.08 Å². The van der Waals surface area contributed by atoms with Gasteiger partial charge in [0, 0.05) is 37.5 Å². The second-order valence-electron chi connectivity index (χ2n) is 10.1. The molecule has 180 valence electrons. The van der Waals surface area contributed by atoms with Crippen molar-refractivity contribution in [1.29, 1.82) is 0 Å². The smallest absolute Gasteiger partial charge is 0.148 e. The third-order valence-electron chi connectivity index (χ3n) is 7.43. The zero-order valence-corrected chi connectivity index (χ0v) is 19.6. The standard InChI is InChI=1S/C28H34FN3O2/c29-26-16-21(8-11-28(26)32-13-12-22(17-32)30-20-6-7-20)31-27-5-1-3-19-15-23(9-10-25(19)27)34-18-24-4-2-14-33-24/h1,3,8-11,15-16,20,22,24,27,30-31H,2,4-7,12-14,17-18H2. The molecule has 0 radical (unpaired) electrons. The van der Waals surface area contributed by atoms with Gasteiger partial charge in [-0.05, 0) is 80.0 Å². The van der Waals surface area contributed by atoms with E-state index in [4.69, 9.17) is 9.47 Å². The Balaban J connectivity index is 1.10. The van der Waals surface area contributed by atoms with Gasteiger partial charge in [0.1, 0.15) is 18.2 Å². The predicted molar refractivity (Wildman–Crippen MR) is 134 cm³/mol. The SMILES string of the molecule is Fc1cc(NC2CC=Cc3cc(OCC4CCCO4)ccc32)ccc1N1CCC(NC2CC2)C1. The molecule has 3 atom stereocenters. The summed E-state index contributed by atoms with van der Waals surface area (Å²) < 4.78 is 26.7. The molecule has 6 heteroatoms. The Kier molecular flexibility index (Phi) is 6.18. The third kappa shape index (κ3) is 4.93. The van der Waals surface area contributed by atoms with Crippen LogP contribution in [0.1, 0.15) is 55.7 Å². The molecule has 3 fully saturated rings. The summed E-state index contributed by atoms with van der Waals surface area (Å²) in [5.41, 5.74) is 3.89. The number of halogens is 1. The molecule has 6 rings (SSSR count). The van der Waals surface area contributed by atoms with Crippen LogP contribution in [-0.2, 0) is 4.74 Å². The number of rotatable bonds is 8. The molecular formula is C28H34FN3O2. The van der Waals surface area contributed by atoms with Gasteiger partial charge in [0.25, 0.3) is 0 Å². The quantitative estimate of drug-likeness (QED) is 0.557. The van der Waals surface area contributed by atoms with Gasteiger partial charge < -0.3 is 25.0 Å². The molecule has 1 saturated carbocycles.